The third-order valence-corrected chi connectivity index (χ3v) is 0.118. The molecule has 0 amide bonds. The van der Waals surface area contributed by atoms with Crippen molar-refractivity contribution in [1.29, 1.82) is 0 Å². The van der Waals surface area contributed by atoms with Crippen LogP contribution in [0.4, 0.5) is 0 Å². The molecule has 0 saturated heterocycles. The largest absolute Gasteiger partial charge is 1.00 e. The Morgan fingerprint density at radius 2 is 1.25 bits per heavy atom. The molecule has 0 aromatic rings. The van der Waals surface area contributed by atoms with Crippen LogP contribution in [0.15, 0.2) is 0 Å². The van der Waals surface area contributed by atoms with E-state index in [-0.39, 0.29) is 95.3 Å². The molecule has 0 fully saturated rings. The van der Waals surface area contributed by atoms with Gasteiger partial charge in [-0.3, -0.25) is 8.42 Å². The molecular formula is C2H5Na3O6S. The van der Waals surface area contributed by atoms with Gasteiger partial charge in [-0.2, -0.15) is 0 Å². The van der Waals surface area contributed by atoms with Gasteiger partial charge < -0.3 is 19.3 Å². The summed E-state index contributed by atoms with van der Waals surface area (Å²) in [6.45, 7) is 1.91. The van der Waals surface area contributed by atoms with E-state index < -0.39 is 10.4 Å². The maximum absolute atomic E-state index is 8.80. The van der Waals surface area contributed by atoms with Crippen molar-refractivity contribution in [2.75, 3.05) is 6.61 Å². The van der Waals surface area contributed by atoms with E-state index >= 15 is 0 Å². The first kappa shape index (κ1) is 29.3. The monoisotopic (exact) mass is 226 g/mol. The first-order valence-electron chi connectivity index (χ1n) is 1.83. The molecule has 0 N–H and O–H groups in total. The first-order chi connectivity index (χ1) is 3.91. The number of hydrogen-bond donors (Lipinski definition) is 0. The quantitative estimate of drug-likeness (QED) is 0.144. The summed E-state index contributed by atoms with van der Waals surface area (Å²) in [5.74, 6) is 0. The van der Waals surface area contributed by atoms with Crippen LogP contribution in [0.2, 0.25) is 0 Å². The zero-order chi connectivity index (χ0) is 7.91. The van der Waals surface area contributed by atoms with Gasteiger partial charge in [0.15, 0.2) is 0 Å². The zero-order valence-electron chi connectivity index (χ0n) is 7.56. The van der Waals surface area contributed by atoms with Gasteiger partial charge in [0.05, 0.1) is 0 Å². The summed E-state index contributed by atoms with van der Waals surface area (Å²) in [6.07, 6.45) is 0. The number of hydrogen-bond acceptors (Lipinski definition) is 6. The van der Waals surface area contributed by atoms with Crippen LogP contribution >= 0.6 is 0 Å². The summed E-state index contributed by atoms with van der Waals surface area (Å²) in [6, 6.07) is 0. The predicted octanol–water partition coefficient (Wildman–Crippen LogP) is -11.0. The van der Waals surface area contributed by atoms with Crippen molar-refractivity contribution in [3.8, 4) is 0 Å². The van der Waals surface area contributed by atoms with Gasteiger partial charge in [0, 0.05) is 17.0 Å². The van der Waals surface area contributed by atoms with Crippen LogP contribution in [0, 0.1) is 0 Å². The topological polar surface area (TPSA) is 113 Å². The minimum atomic E-state index is -5.17. The second-order valence-electron chi connectivity index (χ2n) is 0.815. The summed E-state index contributed by atoms with van der Waals surface area (Å²) in [5, 5.41) is 8.80. The normalized spacial score (nSPS) is 7.33. The fourth-order valence-electron chi connectivity index (χ4n) is 0. The van der Waals surface area contributed by atoms with Gasteiger partial charge in [-0.15, -0.1) is 0 Å². The summed E-state index contributed by atoms with van der Waals surface area (Å²) in [5.41, 5.74) is 0. The maximum atomic E-state index is 8.80. The maximum Gasteiger partial charge on any atom is 1.00 e. The van der Waals surface area contributed by atoms with Gasteiger partial charge in [-0.05, 0) is 6.92 Å². The van der Waals surface area contributed by atoms with Crippen LogP contribution < -0.4 is 93.9 Å². The van der Waals surface area contributed by atoms with Crippen LogP contribution in [0.3, 0.4) is 0 Å². The van der Waals surface area contributed by atoms with Gasteiger partial charge in [0.2, 0.25) is 0 Å². The Morgan fingerprint density at radius 1 is 1.17 bits per heavy atom. The third kappa shape index (κ3) is 124. The Bertz CT molecular complexity index is 124. The van der Waals surface area contributed by atoms with Gasteiger partial charge in [-0.1, -0.05) is 0 Å². The van der Waals surface area contributed by atoms with Gasteiger partial charge in [0.25, 0.3) is 0 Å². The molecule has 58 valence electrons. The van der Waals surface area contributed by atoms with Crippen LogP contribution in [0.1, 0.15) is 6.92 Å². The van der Waals surface area contributed by atoms with E-state index in [1.165, 1.54) is 0 Å². The molecule has 0 rings (SSSR count). The molecule has 0 heterocycles. The molecule has 0 aromatic carbocycles. The van der Waals surface area contributed by atoms with E-state index in [9.17, 15) is 0 Å². The molecule has 10 heteroatoms. The molecule has 0 bridgehead atoms. The molecule has 0 aliphatic heterocycles. The molecular weight excluding hydrogens is 221 g/mol. The molecule has 12 heavy (non-hydrogen) atoms. The van der Waals surface area contributed by atoms with Crippen molar-refractivity contribution in [3.63, 3.8) is 0 Å². The fourth-order valence-corrected chi connectivity index (χ4v) is 0. The molecule has 0 unspecified atom stereocenters. The third-order valence-electron chi connectivity index (χ3n) is 0.118. The van der Waals surface area contributed by atoms with E-state index in [1.807, 2.05) is 0 Å². The number of rotatable bonds is 1. The average molecular weight is 226 g/mol. The van der Waals surface area contributed by atoms with Gasteiger partial charge in [0.1, 0.15) is 0 Å². The second kappa shape index (κ2) is 19.4. The standard InChI is InChI=1S/C2H6O2.3Na.H2O4S/c1-2-4-3;;;;1-5(2,3)4/h3H,2H2,1H3;;;;(H2,1,2,3,4)/q;3*+1;/p-3. The smallest absolute Gasteiger partial charge is 0.759 e. The van der Waals surface area contributed by atoms with Crippen molar-refractivity contribution in [2.45, 2.75) is 6.92 Å². The van der Waals surface area contributed by atoms with Crippen LogP contribution in [-0.2, 0) is 15.3 Å². The van der Waals surface area contributed by atoms with E-state index in [0.29, 0.717) is 0 Å². The van der Waals surface area contributed by atoms with E-state index in [2.05, 4.69) is 4.89 Å². The Morgan fingerprint density at radius 3 is 1.25 bits per heavy atom. The minimum Gasteiger partial charge on any atom is -0.759 e. The minimum absolute atomic E-state index is 0. The van der Waals surface area contributed by atoms with Crippen LogP contribution in [0.5, 0.6) is 0 Å². The molecule has 0 saturated carbocycles. The molecule has 0 spiro atoms. The fraction of sp³-hybridized carbons (Fsp3) is 1.00. The zero-order valence-corrected chi connectivity index (χ0v) is 14.4. The van der Waals surface area contributed by atoms with Gasteiger partial charge in [-0.25, -0.2) is 0 Å². The van der Waals surface area contributed by atoms with Crippen molar-refractivity contribution >= 4 is 10.4 Å². The molecule has 0 aliphatic rings. The van der Waals surface area contributed by atoms with Crippen molar-refractivity contribution in [2.24, 2.45) is 0 Å². The Labute approximate surface area is 138 Å². The Hall–Kier alpha value is 2.79. The van der Waals surface area contributed by atoms with Crippen molar-refractivity contribution < 1.29 is 116 Å². The summed E-state index contributed by atoms with van der Waals surface area (Å²) >= 11 is 0. The molecule has 0 radical (unpaired) electrons. The van der Waals surface area contributed by atoms with Crippen molar-refractivity contribution in [1.82, 2.24) is 0 Å². The van der Waals surface area contributed by atoms with Crippen LogP contribution in [-0.4, -0.2) is 24.1 Å². The molecule has 0 aliphatic carbocycles. The molecule has 6 nitrogen and oxygen atoms in total. The summed E-state index contributed by atoms with van der Waals surface area (Å²) in [4.78, 5) is 3.29. The molecule has 0 aromatic heterocycles. The molecule has 0 atom stereocenters. The van der Waals surface area contributed by atoms with E-state index in [0.717, 1.165) is 0 Å². The predicted molar refractivity (Wildman–Crippen MR) is 22.1 cm³/mol. The summed E-state index contributed by atoms with van der Waals surface area (Å²) in [7, 11) is -5.17. The Kier molecular flexibility index (Phi) is 47.4. The van der Waals surface area contributed by atoms with Crippen molar-refractivity contribution in [3.05, 3.63) is 0 Å². The second-order valence-corrected chi connectivity index (χ2v) is 1.63. The summed E-state index contributed by atoms with van der Waals surface area (Å²) < 4.78 is 34.1. The van der Waals surface area contributed by atoms with Gasteiger partial charge >= 0.3 is 88.7 Å². The average Bonchev–Trinajstić information content (AvgIpc) is 1.61. The van der Waals surface area contributed by atoms with E-state index in [4.69, 9.17) is 22.8 Å². The Balaban J connectivity index is -0.0000000221. The first-order valence-corrected chi connectivity index (χ1v) is 3.16. The van der Waals surface area contributed by atoms with E-state index in [1.54, 1.807) is 6.92 Å². The SMILES string of the molecule is CCO[O-].O=S(=O)([O-])[O-].[Na+].[Na+].[Na+]. The van der Waals surface area contributed by atoms with Crippen LogP contribution in [0.25, 0.3) is 0 Å².